The van der Waals surface area contributed by atoms with Gasteiger partial charge in [-0.3, -0.25) is 5.41 Å². The van der Waals surface area contributed by atoms with Gasteiger partial charge in [0.1, 0.15) is 5.82 Å². The zero-order chi connectivity index (χ0) is 15.6. The van der Waals surface area contributed by atoms with E-state index in [1.54, 1.807) is 6.20 Å². The van der Waals surface area contributed by atoms with Crippen LogP contribution < -0.4 is 5.73 Å². The molecule has 0 bridgehead atoms. The minimum Gasteiger partial charge on any atom is -0.387 e. The van der Waals surface area contributed by atoms with Crippen LogP contribution in [0.2, 0.25) is 0 Å². The summed E-state index contributed by atoms with van der Waals surface area (Å²) in [6.07, 6.45) is 4.02. The van der Waals surface area contributed by atoms with Crippen LogP contribution in [0.25, 0.3) is 0 Å². The molecular weight excluding hydrogens is 290 g/mol. The summed E-state index contributed by atoms with van der Waals surface area (Å²) in [6, 6.07) is 0. The zero-order valence-electron chi connectivity index (χ0n) is 12.5. The van der Waals surface area contributed by atoms with Crippen molar-refractivity contribution in [3.63, 3.8) is 0 Å². The average Bonchev–Trinajstić information content (AvgIpc) is 2.81. The Bertz CT molecular complexity index is 623. The molecule has 0 spiro atoms. The topological polar surface area (TPSA) is 105 Å². The molecule has 3 N–H and O–H groups in total. The van der Waals surface area contributed by atoms with Gasteiger partial charge in [0.05, 0.1) is 5.84 Å². The molecule has 1 aliphatic heterocycles. The average molecular weight is 313 g/mol. The molecule has 1 aliphatic rings. The van der Waals surface area contributed by atoms with Gasteiger partial charge >= 0.3 is 0 Å². The van der Waals surface area contributed by atoms with Crippen LogP contribution in [0.5, 0.6) is 0 Å². The summed E-state index contributed by atoms with van der Waals surface area (Å²) in [4.78, 5) is 4.19. The summed E-state index contributed by atoms with van der Waals surface area (Å²) in [5.74, 6) is 0.575. The summed E-state index contributed by atoms with van der Waals surface area (Å²) in [6.45, 7) is 5.34. The normalized spacial score (nSPS) is 20.6. The molecule has 1 aromatic rings. The van der Waals surface area contributed by atoms with Crippen molar-refractivity contribution in [3.05, 3.63) is 12.0 Å². The lowest BCUT2D eigenvalue weighted by atomic mass is 9.99. The van der Waals surface area contributed by atoms with Crippen molar-refractivity contribution in [1.29, 1.82) is 5.41 Å². The molecule has 0 amide bonds. The Morgan fingerprint density at radius 2 is 2.29 bits per heavy atom. The second-order valence-electron chi connectivity index (χ2n) is 5.48. The van der Waals surface area contributed by atoms with E-state index < -0.39 is 10.0 Å². The van der Waals surface area contributed by atoms with Crippen LogP contribution >= 0.6 is 0 Å². The van der Waals surface area contributed by atoms with Crippen molar-refractivity contribution >= 4 is 15.9 Å². The molecule has 8 heteroatoms. The number of hydrogen-bond acceptors (Lipinski definition) is 4. The van der Waals surface area contributed by atoms with Crippen LogP contribution in [-0.2, 0) is 16.6 Å². The minimum atomic E-state index is -3.60. The second kappa shape index (κ2) is 6.15. The van der Waals surface area contributed by atoms with Crippen LogP contribution in [0, 0.1) is 18.3 Å². The van der Waals surface area contributed by atoms with Gasteiger partial charge in [-0.15, -0.1) is 0 Å². The van der Waals surface area contributed by atoms with Crippen molar-refractivity contribution in [3.8, 4) is 0 Å². The van der Waals surface area contributed by atoms with E-state index in [0.29, 0.717) is 12.4 Å². The highest BCUT2D eigenvalue weighted by Crippen LogP contribution is 2.23. The molecule has 1 aromatic heterocycles. The lowest BCUT2D eigenvalue weighted by molar-refractivity contribution is 0.309. The maximum atomic E-state index is 12.7. The molecule has 0 aliphatic carbocycles. The zero-order valence-corrected chi connectivity index (χ0v) is 13.4. The van der Waals surface area contributed by atoms with Gasteiger partial charge in [-0.2, -0.15) is 4.31 Å². The molecular formula is C13H23N5O2S. The first-order chi connectivity index (χ1) is 9.86. The Kier molecular flexibility index (Phi) is 4.67. The van der Waals surface area contributed by atoms with Crippen molar-refractivity contribution in [1.82, 2.24) is 13.9 Å². The van der Waals surface area contributed by atoms with Crippen LogP contribution in [0.15, 0.2) is 11.2 Å². The van der Waals surface area contributed by atoms with Crippen molar-refractivity contribution in [2.24, 2.45) is 11.7 Å². The number of amidine groups is 1. The van der Waals surface area contributed by atoms with Gasteiger partial charge in [-0.1, -0.05) is 6.92 Å². The van der Waals surface area contributed by atoms with Crippen LogP contribution in [-0.4, -0.2) is 41.2 Å². The standard InChI is InChI=1S/C13H23N5O2S/c1-3-6-17-9-12(16-10(17)2)21(19,20)18-7-4-5-11(8-18)13(14)15/h9,11H,3-8H2,1-2H3,(H3,14,15). The number of nitrogens with one attached hydrogen (secondary N) is 1. The van der Waals surface area contributed by atoms with Gasteiger partial charge in [0, 0.05) is 31.7 Å². The Hall–Kier alpha value is -1.41. The number of nitrogens with two attached hydrogens (primary N) is 1. The van der Waals surface area contributed by atoms with Crippen LogP contribution in [0.3, 0.4) is 0 Å². The van der Waals surface area contributed by atoms with Gasteiger partial charge in [0.25, 0.3) is 10.0 Å². The molecule has 7 nitrogen and oxygen atoms in total. The Morgan fingerprint density at radius 3 is 2.90 bits per heavy atom. The summed E-state index contributed by atoms with van der Waals surface area (Å²) in [7, 11) is -3.60. The lowest BCUT2D eigenvalue weighted by Crippen LogP contribution is -2.43. The monoisotopic (exact) mass is 313 g/mol. The molecule has 0 radical (unpaired) electrons. The maximum Gasteiger partial charge on any atom is 0.262 e. The van der Waals surface area contributed by atoms with Gasteiger partial charge < -0.3 is 10.3 Å². The Balaban J connectivity index is 2.25. The molecule has 1 atom stereocenters. The SMILES string of the molecule is CCCn1cc(S(=O)(=O)N2CCCC(C(=N)N)C2)nc1C. The molecule has 21 heavy (non-hydrogen) atoms. The molecule has 0 aromatic carbocycles. The largest absolute Gasteiger partial charge is 0.387 e. The van der Waals surface area contributed by atoms with E-state index in [1.807, 2.05) is 18.4 Å². The van der Waals surface area contributed by atoms with E-state index in [2.05, 4.69) is 4.98 Å². The van der Waals surface area contributed by atoms with E-state index in [4.69, 9.17) is 11.1 Å². The van der Waals surface area contributed by atoms with Crippen molar-refractivity contribution in [2.45, 2.75) is 44.7 Å². The van der Waals surface area contributed by atoms with E-state index >= 15 is 0 Å². The summed E-state index contributed by atoms with van der Waals surface area (Å²) < 4.78 is 28.6. The predicted molar refractivity (Wildman–Crippen MR) is 80.7 cm³/mol. The number of piperidine rings is 1. The Labute approximate surface area is 125 Å². The fraction of sp³-hybridized carbons (Fsp3) is 0.692. The first kappa shape index (κ1) is 16.0. The van der Waals surface area contributed by atoms with E-state index in [1.165, 1.54) is 4.31 Å². The molecule has 0 saturated carbocycles. The maximum absolute atomic E-state index is 12.7. The fourth-order valence-electron chi connectivity index (χ4n) is 2.62. The number of imidazole rings is 1. The van der Waals surface area contributed by atoms with Gasteiger partial charge in [-0.25, -0.2) is 13.4 Å². The molecule has 2 heterocycles. The second-order valence-corrected chi connectivity index (χ2v) is 7.36. The summed E-state index contributed by atoms with van der Waals surface area (Å²) >= 11 is 0. The third-order valence-electron chi connectivity index (χ3n) is 3.85. The van der Waals surface area contributed by atoms with Crippen molar-refractivity contribution in [2.75, 3.05) is 13.1 Å². The Morgan fingerprint density at radius 1 is 1.57 bits per heavy atom. The van der Waals surface area contributed by atoms with E-state index in [-0.39, 0.29) is 23.3 Å². The predicted octanol–water partition coefficient (Wildman–Crippen LogP) is 0.938. The highest BCUT2D eigenvalue weighted by Gasteiger charge is 2.33. The quantitative estimate of drug-likeness (QED) is 0.623. The number of aromatic nitrogens is 2. The minimum absolute atomic E-state index is 0.0580. The molecule has 2 rings (SSSR count). The van der Waals surface area contributed by atoms with Gasteiger partial charge in [0.2, 0.25) is 0 Å². The highest BCUT2D eigenvalue weighted by atomic mass is 32.2. The molecule has 1 fully saturated rings. The van der Waals surface area contributed by atoms with Crippen LogP contribution in [0.4, 0.5) is 0 Å². The number of rotatable bonds is 5. The van der Waals surface area contributed by atoms with E-state index in [0.717, 1.165) is 25.8 Å². The molecule has 118 valence electrons. The van der Waals surface area contributed by atoms with Gasteiger partial charge in [-0.05, 0) is 26.2 Å². The summed E-state index contributed by atoms with van der Waals surface area (Å²) in [5, 5.41) is 7.61. The fourth-order valence-corrected chi connectivity index (χ4v) is 4.14. The third-order valence-corrected chi connectivity index (χ3v) is 5.58. The smallest absolute Gasteiger partial charge is 0.262 e. The van der Waals surface area contributed by atoms with E-state index in [9.17, 15) is 8.42 Å². The number of aryl methyl sites for hydroxylation is 2. The first-order valence-corrected chi connectivity index (χ1v) is 8.68. The third kappa shape index (κ3) is 3.26. The lowest BCUT2D eigenvalue weighted by Gasteiger charge is -2.30. The number of hydrogen-bond donors (Lipinski definition) is 2. The summed E-state index contributed by atoms with van der Waals surface area (Å²) in [5.41, 5.74) is 5.52. The molecule has 1 unspecified atom stereocenters. The number of sulfonamides is 1. The number of nitrogens with zero attached hydrogens (tertiary/aromatic N) is 3. The first-order valence-electron chi connectivity index (χ1n) is 7.24. The van der Waals surface area contributed by atoms with Crippen molar-refractivity contribution < 1.29 is 8.42 Å². The highest BCUT2D eigenvalue weighted by molar-refractivity contribution is 7.89. The van der Waals surface area contributed by atoms with Crippen LogP contribution in [0.1, 0.15) is 32.0 Å². The molecule has 1 saturated heterocycles. The van der Waals surface area contributed by atoms with Gasteiger partial charge in [0.15, 0.2) is 5.03 Å².